The Morgan fingerprint density at radius 3 is 2.29 bits per heavy atom. The molecule has 0 aliphatic carbocycles. The van der Waals surface area contributed by atoms with Gasteiger partial charge in [0.1, 0.15) is 5.76 Å². The molecule has 0 aliphatic rings. The van der Waals surface area contributed by atoms with Gasteiger partial charge in [-0.15, -0.1) is 0 Å². The molecule has 0 spiro atoms. The number of nitro benzene ring substituents is 2. The third-order valence-electron chi connectivity index (χ3n) is 2.64. The van der Waals surface area contributed by atoms with E-state index in [1.807, 2.05) is 0 Å². The Morgan fingerprint density at radius 1 is 1.24 bits per heavy atom. The first-order valence-corrected chi connectivity index (χ1v) is 5.66. The van der Waals surface area contributed by atoms with Gasteiger partial charge in [-0.3, -0.25) is 20.2 Å². The molecule has 0 atom stereocenters. The average molecular weight is 288 g/mol. The van der Waals surface area contributed by atoms with E-state index in [9.17, 15) is 20.2 Å². The molecule has 0 amide bonds. The van der Waals surface area contributed by atoms with Crippen LogP contribution in [0.2, 0.25) is 0 Å². The van der Waals surface area contributed by atoms with Crippen LogP contribution in [0.4, 0.5) is 17.1 Å². The van der Waals surface area contributed by atoms with Gasteiger partial charge in [-0.05, 0) is 12.1 Å². The van der Waals surface area contributed by atoms with Gasteiger partial charge >= 0.3 is 11.4 Å². The van der Waals surface area contributed by atoms with Crippen molar-refractivity contribution in [2.24, 2.45) is 0 Å². The van der Waals surface area contributed by atoms with E-state index in [-0.39, 0.29) is 17.8 Å². The highest BCUT2D eigenvalue weighted by Gasteiger charge is 2.26. The molecule has 0 saturated carbocycles. The smallest absolute Gasteiger partial charge is 0.300 e. The van der Waals surface area contributed by atoms with Gasteiger partial charge in [-0.2, -0.15) is 5.26 Å². The molecule has 0 unspecified atom stereocenters. The maximum atomic E-state index is 11.0. The minimum atomic E-state index is -0.779. The van der Waals surface area contributed by atoms with Gasteiger partial charge in [0.05, 0.1) is 34.3 Å². The van der Waals surface area contributed by atoms with Gasteiger partial charge in [0, 0.05) is 12.1 Å². The Kier molecular flexibility index (Phi) is 3.80. The molecular weight excluding hydrogens is 280 g/mol. The highest BCUT2D eigenvalue weighted by molar-refractivity contribution is 5.75. The van der Waals surface area contributed by atoms with Crippen LogP contribution in [0.15, 0.2) is 34.9 Å². The van der Waals surface area contributed by atoms with Crippen molar-refractivity contribution in [1.29, 1.82) is 5.26 Å². The van der Waals surface area contributed by atoms with Crippen LogP contribution in [0.25, 0.3) is 0 Å². The minimum absolute atomic E-state index is 0.0422. The molecule has 9 heteroatoms. The maximum absolute atomic E-state index is 11.0. The number of nitrogens with one attached hydrogen (secondary N) is 1. The molecule has 1 heterocycles. The molecule has 0 saturated heterocycles. The molecule has 106 valence electrons. The summed E-state index contributed by atoms with van der Waals surface area (Å²) >= 11 is 0. The lowest BCUT2D eigenvalue weighted by Crippen LogP contribution is -2.06. The number of hydrogen-bond acceptors (Lipinski definition) is 7. The summed E-state index contributed by atoms with van der Waals surface area (Å²) in [5, 5.41) is 33.5. The summed E-state index contributed by atoms with van der Waals surface area (Å²) in [5.41, 5.74) is -1.49. The van der Waals surface area contributed by atoms with E-state index in [1.54, 1.807) is 18.2 Å². The molecule has 1 aromatic carbocycles. The Labute approximate surface area is 117 Å². The van der Waals surface area contributed by atoms with Crippen molar-refractivity contribution >= 4 is 17.1 Å². The van der Waals surface area contributed by atoms with Crippen LogP contribution in [0, 0.1) is 31.6 Å². The number of furan rings is 1. The Bertz CT molecular complexity index is 698. The normalized spacial score (nSPS) is 9.86. The summed E-state index contributed by atoms with van der Waals surface area (Å²) in [5.74, 6) is 0.461. The van der Waals surface area contributed by atoms with Crippen LogP contribution < -0.4 is 5.32 Å². The summed E-state index contributed by atoms with van der Waals surface area (Å²) < 4.78 is 5.05. The molecule has 0 radical (unpaired) electrons. The predicted octanol–water partition coefficient (Wildman–Crippen LogP) is 2.58. The number of rotatable bonds is 5. The Morgan fingerprint density at radius 2 is 1.86 bits per heavy atom. The summed E-state index contributed by atoms with van der Waals surface area (Å²) in [6.07, 6.45) is 1.42. The SMILES string of the molecule is N#Cc1cc([N+](=O)[O-])c(NCc2ccco2)c([N+](=O)[O-])c1. The highest BCUT2D eigenvalue weighted by atomic mass is 16.6. The number of anilines is 1. The first kappa shape index (κ1) is 14.0. The largest absolute Gasteiger partial charge is 0.467 e. The Balaban J connectivity index is 2.47. The lowest BCUT2D eigenvalue weighted by atomic mass is 10.1. The minimum Gasteiger partial charge on any atom is -0.467 e. The molecular formula is C12H8N4O5. The average Bonchev–Trinajstić information content (AvgIpc) is 2.97. The third-order valence-corrected chi connectivity index (χ3v) is 2.64. The zero-order chi connectivity index (χ0) is 15.4. The predicted molar refractivity (Wildman–Crippen MR) is 70.5 cm³/mol. The summed E-state index contributed by atoms with van der Waals surface area (Å²) in [6.45, 7) is 0.0422. The lowest BCUT2D eigenvalue weighted by Gasteiger charge is -2.06. The van der Waals surface area contributed by atoms with Crippen molar-refractivity contribution in [2.45, 2.75) is 6.54 Å². The van der Waals surface area contributed by atoms with Crippen molar-refractivity contribution in [3.8, 4) is 6.07 Å². The third kappa shape index (κ3) is 2.95. The van der Waals surface area contributed by atoms with Gasteiger partial charge in [0.2, 0.25) is 0 Å². The zero-order valence-corrected chi connectivity index (χ0v) is 10.5. The van der Waals surface area contributed by atoms with E-state index in [1.165, 1.54) is 6.26 Å². The van der Waals surface area contributed by atoms with Crippen molar-refractivity contribution in [2.75, 3.05) is 5.32 Å². The Hall–Kier alpha value is -3.41. The summed E-state index contributed by atoms with van der Waals surface area (Å²) in [7, 11) is 0. The lowest BCUT2D eigenvalue weighted by molar-refractivity contribution is -0.392. The van der Waals surface area contributed by atoms with Gasteiger partial charge in [0.15, 0.2) is 5.69 Å². The van der Waals surface area contributed by atoms with Gasteiger partial charge in [0.25, 0.3) is 0 Å². The summed E-state index contributed by atoms with van der Waals surface area (Å²) in [6, 6.07) is 6.87. The summed E-state index contributed by atoms with van der Waals surface area (Å²) in [4.78, 5) is 20.5. The molecule has 0 fully saturated rings. The van der Waals surface area contributed by atoms with E-state index >= 15 is 0 Å². The second-order valence-electron chi connectivity index (χ2n) is 3.95. The molecule has 0 aliphatic heterocycles. The fraction of sp³-hybridized carbons (Fsp3) is 0.0833. The van der Waals surface area contributed by atoms with E-state index < -0.39 is 21.2 Å². The van der Waals surface area contributed by atoms with Crippen LogP contribution >= 0.6 is 0 Å². The topological polar surface area (TPSA) is 135 Å². The standard InChI is InChI=1S/C12H8N4O5/c13-6-8-4-10(15(17)18)12(11(5-8)16(19)20)14-7-9-2-1-3-21-9/h1-5,14H,7H2. The van der Waals surface area contributed by atoms with E-state index in [4.69, 9.17) is 9.68 Å². The number of nitro groups is 2. The first-order valence-electron chi connectivity index (χ1n) is 5.66. The molecule has 21 heavy (non-hydrogen) atoms. The van der Waals surface area contributed by atoms with E-state index in [0.717, 1.165) is 12.1 Å². The molecule has 1 aromatic heterocycles. The van der Waals surface area contributed by atoms with Crippen LogP contribution in [-0.2, 0) is 6.54 Å². The zero-order valence-electron chi connectivity index (χ0n) is 10.5. The molecule has 9 nitrogen and oxygen atoms in total. The van der Waals surface area contributed by atoms with Gasteiger partial charge in [-0.1, -0.05) is 0 Å². The van der Waals surface area contributed by atoms with Crippen molar-refractivity contribution in [1.82, 2.24) is 0 Å². The quantitative estimate of drug-likeness (QED) is 0.659. The number of hydrogen-bond donors (Lipinski definition) is 1. The fourth-order valence-electron chi connectivity index (χ4n) is 1.73. The fourth-order valence-corrected chi connectivity index (χ4v) is 1.73. The van der Waals surface area contributed by atoms with Crippen LogP contribution in [0.5, 0.6) is 0 Å². The second-order valence-corrected chi connectivity index (χ2v) is 3.95. The van der Waals surface area contributed by atoms with Crippen molar-refractivity contribution in [3.05, 3.63) is 62.1 Å². The first-order chi connectivity index (χ1) is 10.0. The number of nitriles is 1. The van der Waals surface area contributed by atoms with Crippen LogP contribution in [-0.4, -0.2) is 9.85 Å². The van der Waals surface area contributed by atoms with E-state index in [0.29, 0.717) is 5.76 Å². The molecule has 0 bridgehead atoms. The second kappa shape index (κ2) is 5.70. The van der Waals surface area contributed by atoms with Gasteiger partial charge in [-0.25, -0.2) is 0 Å². The highest BCUT2D eigenvalue weighted by Crippen LogP contribution is 2.35. The molecule has 2 rings (SSSR count). The van der Waals surface area contributed by atoms with Crippen LogP contribution in [0.1, 0.15) is 11.3 Å². The van der Waals surface area contributed by atoms with Gasteiger partial charge < -0.3 is 9.73 Å². The number of nitrogens with zero attached hydrogens (tertiary/aromatic N) is 3. The molecule has 1 N–H and O–H groups in total. The van der Waals surface area contributed by atoms with Crippen LogP contribution in [0.3, 0.4) is 0 Å². The maximum Gasteiger partial charge on any atom is 0.300 e. The molecule has 2 aromatic rings. The van der Waals surface area contributed by atoms with E-state index in [2.05, 4.69) is 5.32 Å². The number of benzene rings is 1. The van der Waals surface area contributed by atoms with Crippen molar-refractivity contribution in [3.63, 3.8) is 0 Å². The van der Waals surface area contributed by atoms with Crippen molar-refractivity contribution < 1.29 is 14.3 Å². The monoisotopic (exact) mass is 288 g/mol.